The molecule has 2 aromatic heterocycles. The van der Waals surface area contributed by atoms with E-state index in [0.717, 1.165) is 33.2 Å². The van der Waals surface area contributed by atoms with E-state index in [4.69, 9.17) is 9.47 Å². The van der Waals surface area contributed by atoms with Gasteiger partial charge in [-0.05, 0) is 35.9 Å². The summed E-state index contributed by atoms with van der Waals surface area (Å²) < 4.78 is 12.0. The Morgan fingerprint density at radius 2 is 1.62 bits per heavy atom. The highest BCUT2D eigenvalue weighted by molar-refractivity contribution is 7.22. The summed E-state index contributed by atoms with van der Waals surface area (Å²) in [7, 11) is 6.09. The molecule has 0 amide bonds. The number of ether oxygens (including phenoxy) is 2. The van der Waals surface area contributed by atoms with Gasteiger partial charge in [-0.3, -0.25) is 0 Å². The molecule has 0 atom stereocenters. The van der Waals surface area contributed by atoms with Crippen LogP contribution in [0.2, 0.25) is 0 Å². The van der Waals surface area contributed by atoms with Gasteiger partial charge in [0.2, 0.25) is 6.79 Å². The quantitative estimate of drug-likeness (QED) is 0.481. The van der Waals surface area contributed by atoms with Crippen LogP contribution in [0.5, 0.6) is 11.5 Å². The number of hydrogen-bond acceptors (Lipinski definition) is 7. The van der Waals surface area contributed by atoms with E-state index in [2.05, 4.69) is 50.1 Å². The summed E-state index contributed by atoms with van der Waals surface area (Å²) in [6.45, 7) is 0.265. The highest BCUT2D eigenvalue weighted by atomic mass is 32.1. The van der Waals surface area contributed by atoms with Crippen molar-refractivity contribution in [1.82, 2.24) is 9.97 Å². The van der Waals surface area contributed by atoms with Crippen LogP contribution in [-0.4, -0.2) is 37.9 Å². The summed E-state index contributed by atoms with van der Waals surface area (Å²) in [4.78, 5) is 14.4. The summed E-state index contributed by atoms with van der Waals surface area (Å²) >= 11 is 1.70. The van der Waals surface area contributed by atoms with Crippen LogP contribution in [0, 0.1) is 0 Å². The summed E-state index contributed by atoms with van der Waals surface area (Å²) in [5.41, 5.74) is 4.28. The van der Waals surface area contributed by atoms with Gasteiger partial charge in [0.15, 0.2) is 17.3 Å². The molecule has 6 nitrogen and oxygen atoms in total. The van der Waals surface area contributed by atoms with E-state index in [0.29, 0.717) is 0 Å². The smallest absolute Gasteiger partial charge is 0.231 e. The number of anilines is 3. The first kappa shape index (κ1) is 17.8. The molecule has 0 saturated carbocycles. The van der Waals surface area contributed by atoms with E-state index in [-0.39, 0.29) is 6.79 Å². The van der Waals surface area contributed by atoms with Crippen molar-refractivity contribution >= 4 is 38.7 Å². The zero-order chi connectivity index (χ0) is 20.0. The molecule has 1 aliphatic heterocycles. The molecule has 0 N–H and O–H groups in total. The van der Waals surface area contributed by atoms with Gasteiger partial charge in [0.1, 0.15) is 6.33 Å². The average molecular weight is 404 g/mol. The maximum absolute atomic E-state index is 5.52. The third kappa shape index (κ3) is 3.13. The first-order valence-corrected chi connectivity index (χ1v) is 10.1. The number of thiophene rings is 1. The molecule has 146 valence electrons. The fourth-order valence-electron chi connectivity index (χ4n) is 3.36. The zero-order valence-electron chi connectivity index (χ0n) is 16.4. The van der Waals surface area contributed by atoms with Gasteiger partial charge >= 0.3 is 0 Å². The lowest BCUT2D eigenvalue weighted by Gasteiger charge is -2.19. The molecule has 7 heteroatoms. The Morgan fingerprint density at radius 1 is 0.862 bits per heavy atom. The molecule has 0 saturated heterocycles. The molecule has 0 fully saturated rings. The number of benzene rings is 2. The van der Waals surface area contributed by atoms with E-state index in [1.165, 1.54) is 16.1 Å². The second kappa shape index (κ2) is 6.93. The standard InChI is InChI=1S/C22H20N4O2S/c1-25(2)15-6-4-14(5-7-15)20-11-17-21(29-20)22(24-12-23-17)26(3)16-8-9-18-19(10-16)28-13-27-18/h4-12H,13H2,1-3H3. The number of nitrogens with zero attached hydrogens (tertiary/aromatic N) is 4. The lowest BCUT2D eigenvalue weighted by Crippen LogP contribution is -2.11. The molecular formula is C22H20N4O2S. The van der Waals surface area contributed by atoms with Gasteiger partial charge in [0.05, 0.1) is 10.2 Å². The third-order valence-electron chi connectivity index (χ3n) is 5.02. The van der Waals surface area contributed by atoms with Gasteiger partial charge in [0, 0.05) is 43.5 Å². The molecule has 0 bridgehead atoms. The number of aromatic nitrogens is 2. The van der Waals surface area contributed by atoms with Crippen molar-refractivity contribution in [1.29, 1.82) is 0 Å². The van der Waals surface area contributed by atoms with Gasteiger partial charge < -0.3 is 19.3 Å². The van der Waals surface area contributed by atoms with Crippen LogP contribution in [0.25, 0.3) is 20.7 Å². The lowest BCUT2D eigenvalue weighted by atomic mass is 10.1. The molecule has 29 heavy (non-hydrogen) atoms. The summed E-state index contributed by atoms with van der Waals surface area (Å²) in [5.74, 6) is 2.40. The molecular weight excluding hydrogens is 384 g/mol. The van der Waals surface area contributed by atoms with E-state index in [1.807, 2.05) is 39.3 Å². The molecule has 3 heterocycles. The molecule has 0 radical (unpaired) electrons. The average Bonchev–Trinajstić information content (AvgIpc) is 3.39. The van der Waals surface area contributed by atoms with E-state index in [1.54, 1.807) is 17.7 Å². The molecule has 0 aliphatic carbocycles. The number of hydrogen-bond donors (Lipinski definition) is 0. The Hall–Kier alpha value is -3.32. The maximum Gasteiger partial charge on any atom is 0.231 e. The van der Waals surface area contributed by atoms with Gasteiger partial charge in [-0.25, -0.2) is 9.97 Å². The van der Waals surface area contributed by atoms with Crippen molar-refractivity contribution in [3.63, 3.8) is 0 Å². The molecule has 1 aliphatic rings. The lowest BCUT2D eigenvalue weighted by molar-refractivity contribution is 0.174. The van der Waals surface area contributed by atoms with E-state index in [9.17, 15) is 0 Å². The van der Waals surface area contributed by atoms with Crippen LogP contribution in [0.1, 0.15) is 0 Å². The van der Waals surface area contributed by atoms with E-state index < -0.39 is 0 Å². The minimum absolute atomic E-state index is 0.265. The fourth-order valence-corrected chi connectivity index (χ4v) is 4.50. The Bertz CT molecular complexity index is 1190. The Labute approximate surface area is 173 Å². The van der Waals surface area contributed by atoms with Crippen molar-refractivity contribution in [2.75, 3.05) is 37.7 Å². The minimum Gasteiger partial charge on any atom is -0.454 e. The topological polar surface area (TPSA) is 50.7 Å². The largest absolute Gasteiger partial charge is 0.454 e. The second-order valence-electron chi connectivity index (χ2n) is 7.06. The maximum atomic E-state index is 5.52. The predicted molar refractivity (Wildman–Crippen MR) is 118 cm³/mol. The van der Waals surface area contributed by atoms with Gasteiger partial charge in [-0.15, -0.1) is 11.3 Å². The molecule has 5 rings (SSSR count). The Morgan fingerprint density at radius 3 is 2.41 bits per heavy atom. The Balaban J connectivity index is 1.53. The third-order valence-corrected chi connectivity index (χ3v) is 6.19. The van der Waals surface area contributed by atoms with Crippen molar-refractivity contribution in [2.24, 2.45) is 0 Å². The van der Waals surface area contributed by atoms with Gasteiger partial charge in [-0.1, -0.05) is 12.1 Å². The summed E-state index contributed by atoms with van der Waals surface area (Å²) in [6.07, 6.45) is 1.62. The molecule has 0 spiro atoms. The first-order chi connectivity index (χ1) is 14.1. The molecule has 4 aromatic rings. The van der Waals surface area contributed by atoms with Crippen LogP contribution >= 0.6 is 11.3 Å². The second-order valence-corrected chi connectivity index (χ2v) is 8.11. The fraction of sp³-hybridized carbons (Fsp3) is 0.182. The predicted octanol–water partition coefficient (Wildman–Crippen LogP) is 4.92. The zero-order valence-corrected chi connectivity index (χ0v) is 17.2. The van der Waals surface area contributed by atoms with Crippen LogP contribution in [-0.2, 0) is 0 Å². The number of rotatable bonds is 4. The molecule has 2 aromatic carbocycles. The summed E-state index contributed by atoms with van der Waals surface area (Å²) in [5, 5.41) is 0. The van der Waals surface area contributed by atoms with Crippen LogP contribution in [0.3, 0.4) is 0 Å². The van der Waals surface area contributed by atoms with E-state index >= 15 is 0 Å². The monoisotopic (exact) mass is 404 g/mol. The highest BCUT2D eigenvalue weighted by Gasteiger charge is 2.18. The SMILES string of the molecule is CN(C)c1ccc(-c2cc3ncnc(N(C)c4ccc5c(c4)OCO5)c3s2)cc1. The van der Waals surface area contributed by atoms with Crippen LogP contribution in [0.15, 0.2) is 54.9 Å². The minimum atomic E-state index is 0.265. The van der Waals surface area contributed by atoms with Crippen molar-refractivity contribution in [2.45, 2.75) is 0 Å². The van der Waals surface area contributed by atoms with Gasteiger partial charge in [-0.2, -0.15) is 0 Å². The molecule has 0 unspecified atom stereocenters. The Kier molecular flexibility index (Phi) is 4.24. The summed E-state index contributed by atoms with van der Waals surface area (Å²) in [6, 6.07) is 16.6. The normalized spacial score (nSPS) is 12.4. The first-order valence-electron chi connectivity index (χ1n) is 9.26. The highest BCUT2D eigenvalue weighted by Crippen LogP contribution is 2.41. The van der Waals surface area contributed by atoms with Crippen molar-refractivity contribution in [3.05, 3.63) is 54.9 Å². The van der Waals surface area contributed by atoms with Crippen molar-refractivity contribution in [3.8, 4) is 21.9 Å². The van der Waals surface area contributed by atoms with Gasteiger partial charge in [0.25, 0.3) is 0 Å². The van der Waals surface area contributed by atoms with Crippen molar-refractivity contribution < 1.29 is 9.47 Å². The number of fused-ring (bicyclic) bond motifs is 2. The van der Waals surface area contributed by atoms with Crippen LogP contribution in [0.4, 0.5) is 17.2 Å². The van der Waals surface area contributed by atoms with Crippen LogP contribution < -0.4 is 19.3 Å².